The maximum atomic E-state index is 12.2. The molecule has 1 atom stereocenters. The van der Waals surface area contributed by atoms with Crippen molar-refractivity contribution in [2.24, 2.45) is 0 Å². The minimum absolute atomic E-state index is 0.0194. The van der Waals surface area contributed by atoms with E-state index in [1.807, 2.05) is 4.90 Å². The lowest BCUT2D eigenvalue weighted by molar-refractivity contribution is 0.114. The molecule has 0 radical (unpaired) electrons. The molecule has 2 amide bonds. The molecule has 8 heteroatoms. The number of hydrogen-bond acceptors (Lipinski definition) is 6. The summed E-state index contributed by atoms with van der Waals surface area (Å²) in [5.74, 6) is 1.18. The van der Waals surface area contributed by atoms with Crippen LogP contribution in [0.15, 0.2) is 21.3 Å². The van der Waals surface area contributed by atoms with Gasteiger partial charge in [0.15, 0.2) is 5.82 Å². The normalized spacial score (nSPS) is 17.0. The predicted molar refractivity (Wildman–Crippen MR) is 92.0 cm³/mol. The van der Waals surface area contributed by atoms with Gasteiger partial charge in [-0.25, -0.2) is 4.79 Å². The van der Waals surface area contributed by atoms with Gasteiger partial charge in [0.25, 0.3) is 0 Å². The van der Waals surface area contributed by atoms with Crippen molar-refractivity contribution in [1.82, 2.24) is 25.3 Å². The van der Waals surface area contributed by atoms with Crippen LogP contribution in [0.4, 0.5) is 4.79 Å². The Kier molecular flexibility index (Phi) is 5.47. The Morgan fingerprint density at radius 1 is 1.42 bits per heavy atom. The number of rotatable bonds is 5. The molecular weight excluding hydrogens is 326 g/mol. The van der Waals surface area contributed by atoms with E-state index in [-0.39, 0.29) is 6.03 Å². The van der Waals surface area contributed by atoms with Crippen LogP contribution in [0.1, 0.15) is 30.2 Å². The summed E-state index contributed by atoms with van der Waals surface area (Å²) in [4.78, 5) is 20.6. The zero-order chi connectivity index (χ0) is 16.9. The number of urea groups is 1. The monoisotopic (exact) mass is 349 g/mol. The Balaban J connectivity index is 1.40. The van der Waals surface area contributed by atoms with Gasteiger partial charge in [-0.05, 0) is 36.2 Å². The second-order valence-corrected chi connectivity index (χ2v) is 6.75. The molecule has 1 aliphatic heterocycles. The van der Waals surface area contributed by atoms with E-state index in [1.54, 1.807) is 18.3 Å². The Hall–Kier alpha value is -1.93. The highest BCUT2D eigenvalue weighted by Gasteiger charge is 2.24. The van der Waals surface area contributed by atoms with Gasteiger partial charge in [-0.2, -0.15) is 16.3 Å². The van der Waals surface area contributed by atoms with E-state index < -0.39 is 0 Å². The minimum atomic E-state index is -0.0194. The molecule has 3 rings (SSSR count). The molecule has 1 N–H and O–H groups in total. The molecule has 2 aromatic rings. The maximum absolute atomic E-state index is 12.2. The van der Waals surface area contributed by atoms with Crippen LogP contribution in [0, 0.1) is 6.92 Å². The van der Waals surface area contributed by atoms with Crippen LogP contribution in [0.25, 0.3) is 0 Å². The van der Waals surface area contributed by atoms with E-state index in [0.29, 0.717) is 30.7 Å². The molecule has 0 saturated carbocycles. The lowest BCUT2D eigenvalue weighted by Gasteiger charge is -2.37. The predicted octanol–water partition coefficient (Wildman–Crippen LogP) is 2.07. The summed E-state index contributed by atoms with van der Waals surface area (Å²) in [7, 11) is 0. The number of aromatic nitrogens is 2. The Labute approximate surface area is 145 Å². The summed E-state index contributed by atoms with van der Waals surface area (Å²) in [6, 6.07) is 2.56. The summed E-state index contributed by atoms with van der Waals surface area (Å²) >= 11 is 1.73. The smallest absolute Gasteiger partial charge is 0.317 e. The van der Waals surface area contributed by atoms with Crippen molar-refractivity contribution in [2.75, 3.05) is 32.7 Å². The summed E-state index contributed by atoms with van der Waals surface area (Å²) in [5, 5.41) is 11.0. The quantitative estimate of drug-likeness (QED) is 0.894. The minimum Gasteiger partial charge on any atom is -0.339 e. The average Bonchev–Trinajstić information content (AvgIpc) is 3.26. The van der Waals surface area contributed by atoms with E-state index in [2.05, 4.69) is 44.1 Å². The van der Waals surface area contributed by atoms with Crippen LogP contribution in [0.5, 0.6) is 0 Å². The highest BCUT2D eigenvalue weighted by molar-refractivity contribution is 7.07. The fourth-order valence-corrected chi connectivity index (χ4v) is 3.61. The van der Waals surface area contributed by atoms with Crippen LogP contribution in [0.2, 0.25) is 0 Å². The summed E-state index contributed by atoms with van der Waals surface area (Å²) in [6.07, 6.45) is 0.557. The molecular formula is C16H23N5O2S. The summed E-state index contributed by atoms with van der Waals surface area (Å²) in [5.41, 5.74) is 1.35. The van der Waals surface area contributed by atoms with Gasteiger partial charge >= 0.3 is 6.03 Å². The first-order chi connectivity index (χ1) is 11.6. The van der Waals surface area contributed by atoms with Crippen molar-refractivity contribution in [1.29, 1.82) is 0 Å². The van der Waals surface area contributed by atoms with E-state index in [9.17, 15) is 4.79 Å². The number of thiophene rings is 1. The van der Waals surface area contributed by atoms with Gasteiger partial charge in [0.1, 0.15) is 0 Å². The molecule has 0 bridgehead atoms. The first-order valence-electron chi connectivity index (χ1n) is 8.21. The topological polar surface area (TPSA) is 74.5 Å². The Bertz CT molecular complexity index is 649. The van der Waals surface area contributed by atoms with Crippen molar-refractivity contribution >= 4 is 17.4 Å². The molecule has 1 saturated heterocycles. The SMILES string of the molecule is Cc1noc(CCNC(=O)N2CCN(C(C)c3ccsc3)CC2)n1. The average molecular weight is 349 g/mol. The lowest BCUT2D eigenvalue weighted by Crippen LogP contribution is -2.52. The zero-order valence-corrected chi connectivity index (χ0v) is 14.9. The van der Waals surface area contributed by atoms with Gasteiger partial charge in [0.2, 0.25) is 5.89 Å². The second-order valence-electron chi connectivity index (χ2n) is 5.97. The molecule has 130 valence electrons. The molecule has 1 unspecified atom stereocenters. The standard InChI is InChI=1S/C16H23N5O2S/c1-12(14-4-10-24-11-14)20-6-8-21(9-7-20)16(22)17-5-3-15-18-13(2)19-23-15/h4,10-12H,3,5-9H2,1-2H3,(H,17,22). The molecule has 0 spiro atoms. The maximum Gasteiger partial charge on any atom is 0.317 e. The van der Waals surface area contributed by atoms with Gasteiger partial charge in [-0.1, -0.05) is 5.16 Å². The van der Waals surface area contributed by atoms with E-state index in [1.165, 1.54) is 5.56 Å². The zero-order valence-electron chi connectivity index (χ0n) is 14.1. The highest BCUT2D eigenvalue weighted by atomic mass is 32.1. The van der Waals surface area contributed by atoms with Gasteiger partial charge < -0.3 is 14.7 Å². The number of hydrogen-bond donors (Lipinski definition) is 1. The first kappa shape index (κ1) is 16.9. The molecule has 0 aromatic carbocycles. The van der Waals surface area contributed by atoms with Gasteiger partial charge in [0, 0.05) is 45.2 Å². The fourth-order valence-electron chi connectivity index (χ4n) is 2.87. The van der Waals surface area contributed by atoms with Crippen molar-refractivity contribution in [3.8, 4) is 0 Å². The van der Waals surface area contributed by atoms with E-state index in [4.69, 9.17) is 4.52 Å². The number of nitrogens with one attached hydrogen (secondary N) is 1. The van der Waals surface area contributed by atoms with Crippen LogP contribution in [-0.4, -0.2) is 58.7 Å². The molecule has 1 fully saturated rings. The van der Waals surface area contributed by atoms with E-state index >= 15 is 0 Å². The van der Waals surface area contributed by atoms with Crippen LogP contribution >= 0.6 is 11.3 Å². The van der Waals surface area contributed by atoms with Gasteiger partial charge in [0.05, 0.1) is 0 Å². The van der Waals surface area contributed by atoms with Crippen LogP contribution in [0.3, 0.4) is 0 Å². The van der Waals surface area contributed by atoms with Crippen molar-refractivity contribution in [3.05, 3.63) is 34.1 Å². The number of piperazine rings is 1. The number of carbonyl (C=O) groups excluding carboxylic acids is 1. The summed E-state index contributed by atoms with van der Waals surface area (Å²) < 4.78 is 5.04. The molecule has 0 aliphatic carbocycles. The largest absolute Gasteiger partial charge is 0.339 e. The number of nitrogens with zero attached hydrogens (tertiary/aromatic N) is 4. The summed E-state index contributed by atoms with van der Waals surface area (Å²) in [6.45, 7) is 7.80. The van der Waals surface area contributed by atoms with E-state index in [0.717, 1.165) is 26.2 Å². The molecule has 7 nitrogen and oxygen atoms in total. The molecule has 3 heterocycles. The first-order valence-corrected chi connectivity index (χ1v) is 9.16. The number of amides is 2. The second kappa shape index (κ2) is 7.76. The molecule has 24 heavy (non-hydrogen) atoms. The number of carbonyl (C=O) groups is 1. The third-order valence-electron chi connectivity index (χ3n) is 4.36. The third-order valence-corrected chi connectivity index (χ3v) is 5.06. The third kappa shape index (κ3) is 4.12. The van der Waals surface area contributed by atoms with Crippen molar-refractivity contribution in [2.45, 2.75) is 26.3 Å². The fraction of sp³-hybridized carbons (Fsp3) is 0.562. The number of aryl methyl sites for hydroxylation is 1. The van der Waals surface area contributed by atoms with Gasteiger partial charge in [-0.15, -0.1) is 0 Å². The van der Waals surface area contributed by atoms with Gasteiger partial charge in [-0.3, -0.25) is 4.90 Å². The van der Waals surface area contributed by atoms with Crippen LogP contribution < -0.4 is 5.32 Å². The molecule has 1 aliphatic rings. The molecule has 2 aromatic heterocycles. The highest BCUT2D eigenvalue weighted by Crippen LogP contribution is 2.23. The van der Waals surface area contributed by atoms with Crippen molar-refractivity contribution in [3.63, 3.8) is 0 Å². The van der Waals surface area contributed by atoms with Crippen LogP contribution in [-0.2, 0) is 6.42 Å². The Morgan fingerprint density at radius 2 is 2.21 bits per heavy atom. The lowest BCUT2D eigenvalue weighted by atomic mass is 10.1. The Morgan fingerprint density at radius 3 is 2.83 bits per heavy atom. The van der Waals surface area contributed by atoms with Crippen molar-refractivity contribution < 1.29 is 9.32 Å².